The molecule has 1 aliphatic heterocycles. The first-order valence-electron chi connectivity index (χ1n) is 10.4. The zero-order chi connectivity index (χ0) is 24.3. The minimum Gasteiger partial charge on any atom is -0.406 e. The molecule has 0 saturated carbocycles. The summed E-state index contributed by atoms with van der Waals surface area (Å²) in [5.41, 5.74) is 6.75. The van der Waals surface area contributed by atoms with Crippen LogP contribution < -0.4 is 20.7 Å². The second-order valence-electron chi connectivity index (χ2n) is 7.72. The number of likely N-dealkylation sites (N-methyl/N-ethyl adjacent to an activating group) is 1. The average molecular weight is 473 g/mol. The van der Waals surface area contributed by atoms with Gasteiger partial charge in [0.15, 0.2) is 5.82 Å². The quantitative estimate of drug-likeness (QED) is 0.562. The molecule has 0 atom stereocenters. The van der Waals surface area contributed by atoms with Crippen molar-refractivity contribution < 1.29 is 22.7 Å². The Hall–Kier alpha value is -3.93. The van der Waals surface area contributed by atoms with Crippen molar-refractivity contribution >= 4 is 23.5 Å². The summed E-state index contributed by atoms with van der Waals surface area (Å²) in [5, 5.41) is 3.00. The van der Waals surface area contributed by atoms with Crippen LogP contribution in [0.2, 0.25) is 0 Å². The number of amides is 1. The molecule has 9 nitrogen and oxygen atoms in total. The smallest absolute Gasteiger partial charge is 0.406 e. The van der Waals surface area contributed by atoms with Crippen molar-refractivity contribution in [1.82, 2.24) is 19.9 Å². The van der Waals surface area contributed by atoms with E-state index in [1.165, 1.54) is 24.3 Å². The van der Waals surface area contributed by atoms with E-state index in [4.69, 9.17) is 5.73 Å². The molecule has 1 aromatic heterocycles. The minimum atomic E-state index is -4.77. The van der Waals surface area contributed by atoms with Crippen molar-refractivity contribution in [3.05, 3.63) is 54.1 Å². The fourth-order valence-corrected chi connectivity index (χ4v) is 3.38. The molecule has 1 aliphatic rings. The molecule has 12 heteroatoms. The lowest BCUT2D eigenvalue weighted by Gasteiger charge is -2.32. The predicted molar refractivity (Wildman–Crippen MR) is 120 cm³/mol. The van der Waals surface area contributed by atoms with Crippen molar-refractivity contribution in [3.8, 4) is 17.1 Å². The molecular formula is C22H22F3N7O2. The third kappa shape index (κ3) is 5.90. The van der Waals surface area contributed by atoms with E-state index in [1.54, 1.807) is 24.3 Å². The van der Waals surface area contributed by atoms with Crippen LogP contribution in [0.4, 0.5) is 30.8 Å². The Morgan fingerprint density at radius 3 is 2.38 bits per heavy atom. The van der Waals surface area contributed by atoms with Gasteiger partial charge >= 0.3 is 6.36 Å². The molecule has 4 rings (SSSR count). The summed E-state index contributed by atoms with van der Waals surface area (Å²) in [6.45, 7) is 3.09. The van der Waals surface area contributed by atoms with Gasteiger partial charge in [0.1, 0.15) is 5.75 Å². The van der Waals surface area contributed by atoms with Crippen molar-refractivity contribution in [1.29, 1.82) is 0 Å². The maximum atomic E-state index is 12.4. The molecule has 2 heterocycles. The number of hydrogen-bond donors (Lipinski definition) is 2. The van der Waals surface area contributed by atoms with Crippen molar-refractivity contribution in [2.24, 2.45) is 5.73 Å². The Morgan fingerprint density at radius 1 is 1.03 bits per heavy atom. The lowest BCUT2D eigenvalue weighted by molar-refractivity contribution is -0.274. The number of anilines is 3. The van der Waals surface area contributed by atoms with Gasteiger partial charge in [-0.25, -0.2) is 0 Å². The number of carbonyl (C=O) groups excluding carboxylic acids is 1. The molecule has 0 spiro atoms. The lowest BCUT2D eigenvalue weighted by Crippen LogP contribution is -2.45. The normalized spacial score (nSPS) is 14.6. The van der Waals surface area contributed by atoms with Gasteiger partial charge in [0.25, 0.3) is 0 Å². The van der Waals surface area contributed by atoms with E-state index >= 15 is 0 Å². The van der Waals surface area contributed by atoms with Gasteiger partial charge in [-0.2, -0.15) is 15.0 Å². The first-order chi connectivity index (χ1) is 16.2. The second kappa shape index (κ2) is 9.51. The Bertz CT molecular complexity index is 1160. The van der Waals surface area contributed by atoms with Crippen LogP contribution in [0.5, 0.6) is 5.75 Å². The summed E-state index contributed by atoms with van der Waals surface area (Å²) in [6.07, 6.45) is -4.77. The Labute approximate surface area is 193 Å². The number of ether oxygens (including phenoxy) is 1. The number of carbonyl (C=O) groups is 1. The first-order valence-corrected chi connectivity index (χ1v) is 10.4. The van der Waals surface area contributed by atoms with Crippen molar-refractivity contribution in [2.75, 3.05) is 43.4 Å². The number of hydrogen-bond acceptors (Lipinski definition) is 8. The fourth-order valence-electron chi connectivity index (χ4n) is 3.38. The van der Waals surface area contributed by atoms with Gasteiger partial charge < -0.3 is 25.6 Å². The summed E-state index contributed by atoms with van der Waals surface area (Å²) in [6, 6.07) is 11.9. The van der Waals surface area contributed by atoms with E-state index in [2.05, 4.69) is 29.9 Å². The summed E-state index contributed by atoms with van der Waals surface area (Å²) < 4.78 is 41.2. The van der Waals surface area contributed by atoms with E-state index in [0.717, 1.165) is 13.1 Å². The Morgan fingerprint density at radius 2 is 1.74 bits per heavy atom. The number of halogens is 3. The van der Waals surface area contributed by atoms with Crippen LogP contribution in [-0.4, -0.2) is 65.3 Å². The van der Waals surface area contributed by atoms with Crippen LogP contribution >= 0.6 is 0 Å². The van der Waals surface area contributed by atoms with Crippen LogP contribution in [0.25, 0.3) is 11.4 Å². The molecule has 0 radical (unpaired) electrons. The number of primary amides is 1. The van der Waals surface area contributed by atoms with Crippen LogP contribution in [0, 0.1) is 0 Å². The highest BCUT2D eigenvalue weighted by Crippen LogP contribution is 2.26. The third-order valence-electron chi connectivity index (χ3n) is 5.16. The maximum absolute atomic E-state index is 12.4. The average Bonchev–Trinajstić information content (AvgIpc) is 2.80. The van der Waals surface area contributed by atoms with E-state index in [9.17, 15) is 18.0 Å². The number of nitrogens with zero attached hydrogens (tertiary/aromatic N) is 5. The molecule has 0 unspecified atom stereocenters. The molecule has 178 valence electrons. The third-order valence-corrected chi connectivity index (χ3v) is 5.16. The van der Waals surface area contributed by atoms with Gasteiger partial charge in [-0.15, -0.1) is 13.2 Å². The number of aromatic nitrogens is 3. The molecule has 0 aliphatic carbocycles. The SMILES string of the molecule is CN1CCN(c2nc(Nc3ccc(OC(F)(F)F)cc3)nc(-c3cccc(C(N)=O)c3)n2)CC1. The molecule has 2 aromatic carbocycles. The molecule has 1 fully saturated rings. The van der Waals surface area contributed by atoms with Gasteiger partial charge in [-0.1, -0.05) is 12.1 Å². The molecular weight excluding hydrogens is 451 g/mol. The predicted octanol–water partition coefficient (Wildman–Crippen LogP) is 3.03. The highest BCUT2D eigenvalue weighted by atomic mass is 19.4. The Kier molecular flexibility index (Phi) is 6.50. The molecule has 1 saturated heterocycles. The zero-order valence-electron chi connectivity index (χ0n) is 18.2. The number of nitrogens with one attached hydrogen (secondary N) is 1. The summed E-state index contributed by atoms with van der Waals surface area (Å²) >= 11 is 0. The zero-order valence-corrected chi connectivity index (χ0v) is 18.2. The monoisotopic (exact) mass is 473 g/mol. The van der Waals surface area contributed by atoms with E-state index < -0.39 is 12.3 Å². The first kappa shape index (κ1) is 23.2. The summed E-state index contributed by atoms with van der Waals surface area (Å²) in [7, 11) is 2.03. The molecule has 0 bridgehead atoms. The molecule has 3 N–H and O–H groups in total. The maximum Gasteiger partial charge on any atom is 0.573 e. The van der Waals surface area contributed by atoms with Crippen LogP contribution in [-0.2, 0) is 0 Å². The van der Waals surface area contributed by atoms with Gasteiger partial charge in [-0.05, 0) is 43.4 Å². The van der Waals surface area contributed by atoms with Crippen LogP contribution in [0.1, 0.15) is 10.4 Å². The summed E-state index contributed by atoms with van der Waals surface area (Å²) in [5.74, 6) is 0.0621. The van der Waals surface area contributed by atoms with E-state index in [1.807, 2.05) is 11.9 Å². The lowest BCUT2D eigenvalue weighted by atomic mass is 10.1. The van der Waals surface area contributed by atoms with Gasteiger partial charge in [0, 0.05) is 43.0 Å². The number of alkyl halides is 3. The highest BCUT2D eigenvalue weighted by molar-refractivity contribution is 5.93. The summed E-state index contributed by atoms with van der Waals surface area (Å²) in [4.78, 5) is 29.4. The fraction of sp³-hybridized carbons (Fsp3) is 0.273. The van der Waals surface area contributed by atoms with Crippen molar-refractivity contribution in [2.45, 2.75) is 6.36 Å². The standard InChI is InChI=1S/C22H22F3N7O2/c1-31-9-11-32(12-10-31)21-29-19(15-4-2-3-14(13-15)18(26)33)28-20(30-21)27-16-5-7-17(8-6-16)34-22(23,24)25/h2-8,13H,9-12H2,1H3,(H2,26,33)(H,27,28,29,30). The minimum absolute atomic E-state index is 0.202. The van der Waals surface area contributed by atoms with Crippen LogP contribution in [0.3, 0.4) is 0 Å². The number of piperazine rings is 1. The van der Waals surface area contributed by atoms with Gasteiger partial charge in [-0.3, -0.25) is 4.79 Å². The van der Waals surface area contributed by atoms with Crippen molar-refractivity contribution in [3.63, 3.8) is 0 Å². The van der Waals surface area contributed by atoms with E-state index in [0.29, 0.717) is 41.7 Å². The Balaban J connectivity index is 1.66. The topological polar surface area (TPSA) is 109 Å². The molecule has 1 amide bonds. The van der Waals surface area contributed by atoms with Gasteiger partial charge in [0.2, 0.25) is 17.8 Å². The van der Waals surface area contributed by atoms with Crippen LogP contribution in [0.15, 0.2) is 48.5 Å². The largest absolute Gasteiger partial charge is 0.573 e. The molecule has 34 heavy (non-hydrogen) atoms. The van der Waals surface area contributed by atoms with Gasteiger partial charge in [0.05, 0.1) is 0 Å². The second-order valence-corrected chi connectivity index (χ2v) is 7.72. The molecule has 3 aromatic rings. The number of rotatable bonds is 6. The number of nitrogens with two attached hydrogens (primary N) is 1. The van der Waals surface area contributed by atoms with E-state index in [-0.39, 0.29) is 11.7 Å². The highest BCUT2D eigenvalue weighted by Gasteiger charge is 2.31. The number of benzene rings is 2.